The highest BCUT2D eigenvalue weighted by atomic mass is 35.5. The van der Waals surface area contributed by atoms with Gasteiger partial charge in [0.2, 0.25) is 0 Å². The van der Waals surface area contributed by atoms with Crippen molar-refractivity contribution in [2.24, 2.45) is 0 Å². The zero-order valence-electron chi connectivity index (χ0n) is 15.7. The summed E-state index contributed by atoms with van der Waals surface area (Å²) in [6, 6.07) is 7.39. The van der Waals surface area contributed by atoms with Gasteiger partial charge in [-0.3, -0.25) is 4.79 Å². The molecule has 0 saturated heterocycles. The Morgan fingerprint density at radius 3 is 2.20 bits per heavy atom. The maximum absolute atomic E-state index is 11.3. The number of benzene rings is 1. The summed E-state index contributed by atoms with van der Waals surface area (Å²) in [5.74, 6) is 0. The third kappa shape index (κ3) is 11.0. The minimum Gasteiger partial charge on any atom is -0.384 e. The van der Waals surface area contributed by atoms with E-state index in [0.29, 0.717) is 5.56 Å². The lowest BCUT2D eigenvalue weighted by Gasteiger charge is -2.08. The summed E-state index contributed by atoms with van der Waals surface area (Å²) in [6.45, 7) is 3.12. The molecule has 3 heteroatoms. The molecule has 1 aromatic rings. The van der Waals surface area contributed by atoms with Crippen molar-refractivity contribution < 1.29 is 4.79 Å². The van der Waals surface area contributed by atoms with E-state index in [4.69, 9.17) is 11.6 Å². The van der Waals surface area contributed by atoms with Crippen LogP contribution in [0.15, 0.2) is 36.4 Å². The summed E-state index contributed by atoms with van der Waals surface area (Å²) in [7, 11) is 0. The molecule has 0 unspecified atom stereocenters. The van der Waals surface area contributed by atoms with Gasteiger partial charge in [0.15, 0.2) is 0 Å². The van der Waals surface area contributed by atoms with Gasteiger partial charge >= 0.3 is 0 Å². The molecular weight excluding hydrogens is 330 g/mol. The SMILES string of the molecule is CCCCCCCCCC/C=C/CCCNc1ccccc1C(=O)Cl. The van der Waals surface area contributed by atoms with Gasteiger partial charge in [-0.15, -0.1) is 0 Å². The van der Waals surface area contributed by atoms with E-state index in [2.05, 4.69) is 24.4 Å². The van der Waals surface area contributed by atoms with Crippen molar-refractivity contribution >= 4 is 22.5 Å². The van der Waals surface area contributed by atoms with Gasteiger partial charge in [0, 0.05) is 12.2 Å². The van der Waals surface area contributed by atoms with Crippen molar-refractivity contribution in [3.8, 4) is 0 Å². The second-order valence-electron chi connectivity index (χ2n) is 6.62. The van der Waals surface area contributed by atoms with Gasteiger partial charge in [0.05, 0.1) is 5.56 Å². The topological polar surface area (TPSA) is 29.1 Å². The average Bonchev–Trinajstić information content (AvgIpc) is 2.62. The number of hydrogen-bond acceptors (Lipinski definition) is 2. The Morgan fingerprint density at radius 1 is 0.920 bits per heavy atom. The first-order valence-electron chi connectivity index (χ1n) is 9.93. The van der Waals surface area contributed by atoms with E-state index in [0.717, 1.165) is 25.1 Å². The molecule has 0 bridgehead atoms. The number of unbranched alkanes of at least 4 members (excludes halogenated alkanes) is 9. The molecule has 0 atom stereocenters. The van der Waals surface area contributed by atoms with Gasteiger partial charge in [-0.25, -0.2) is 0 Å². The minimum absolute atomic E-state index is 0.409. The zero-order valence-corrected chi connectivity index (χ0v) is 16.5. The van der Waals surface area contributed by atoms with Crippen molar-refractivity contribution in [3.05, 3.63) is 42.0 Å². The Kier molecular flexibility index (Phi) is 13.1. The summed E-state index contributed by atoms with van der Waals surface area (Å²) >= 11 is 5.58. The second kappa shape index (κ2) is 15.0. The quantitative estimate of drug-likeness (QED) is 0.200. The number of nitrogens with one attached hydrogen (secondary N) is 1. The maximum atomic E-state index is 11.3. The smallest absolute Gasteiger partial charge is 0.254 e. The molecule has 25 heavy (non-hydrogen) atoms. The Balaban J connectivity index is 1.98. The Morgan fingerprint density at radius 2 is 1.52 bits per heavy atom. The van der Waals surface area contributed by atoms with Crippen LogP contribution >= 0.6 is 11.6 Å². The highest BCUT2D eigenvalue weighted by Crippen LogP contribution is 2.17. The van der Waals surface area contributed by atoms with Crippen LogP contribution in [0.25, 0.3) is 0 Å². The molecule has 0 radical (unpaired) electrons. The first-order chi connectivity index (χ1) is 12.3. The van der Waals surface area contributed by atoms with Crippen molar-refractivity contribution in [2.45, 2.75) is 77.6 Å². The normalized spacial score (nSPS) is 11.1. The molecule has 0 aliphatic heterocycles. The summed E-state index contributed by atoms with van der Waals surface area (Å²) in [6.07, 6.45) is 18.9. The number of allylic oxidation sites excluding steroid dienone is 2. The first-order valence-corrected chi connectivity index (χ1v) is 10.3. The average molecular weight is 364 g/mol. The number of carbonyl (C=O) groups is 1. The molecule has 0 saturated carbocycles. The molecule has 0 aliphatic rings. The summed E-state index contributed by atoms with van der Waals surface area (Å²) in [5, 5.41) is 2.89. The van der Waals surface area contributed by atoms with Crippen LogP contribution in [-0.2, 0) is 0 Å². The van der Waals surface area contributed by atoms with E-state index in [1.54, 1.807) is 6.07 Å². The number of hydrogen-bond donors (Lipinski definition) is 1. The van der Waals surface area contributed by atoms with Crippen molar-refractivity contribution in [2.75, 3.05) is 11.9 Å². The van der Waals surface area contributed by atoms with E-state index in [9.17, 15) is 4.79 Å². The molecule has 0 spiro atoms. The zero-order chi connectivity index (χ0) is 18.2. The van der Waals surface area contributed by atoms with Crippen LogP contribution < -0.4 is 5.32 Å². The fourth-order valence-corrected chi connectivity index (χ4v) is 3.05. The van der Waals surface area contributed by atoms with Crippen LogP contribution in [0.5, 0.6) is 0 Å². The van der Waals surface area contributed by atoms with Crippen LogP contribution in [0.3, 0.4) is 0 Å². The Labute approximate surface area is 159 Å². The van der Waals surface area contributed by atoms with Crippen molar-refractivity contribution in [3.63, 3.8) is 0 Å². The highest BCUT2D eigenvalue weighted by Gasteiger charge is 2.06. The number of carbonyl (C=O) groups excluding carboxylic acids is 1. The molecule has 0 amide bonds. The fourth-order valence-electron chi connectivity index (χ4n) is 2.88. The molecule has 0 heterocycles. The molecule has 1 rings (SSSR count). The second-order valence-corrected chi connectivity index (χ2v) is 6.97. The van der Waals surface area contributed by atoms with Crippen LogP contribution in [0.2, 0.25) is 0 Å². The number of anilines is 1. The lowest BCUT2D eigenvalue weighted by molar-refractivity contribution is 0.108. The highest BCUT2D eigenvalue weighted by molar-refractivity contribution is 6.68. The summed E-state index contributed by atoms with van der Waals surface area (Å²) in [5.41, 5.74) is 1.37. The van der Waals surface area contributed by atoms with Crippen LogP contribution in [0, 0.1) is 0 Å². The summed E-state index contributed by atoms with van der Waals surface area (Å²) < 4.78 is 0. The van der Waals surface area contributed by atoms with Gasteiger partial charge in [0.1, 0.15) is 0 Å². The molecule has 140 valence electrons. The molecule has 0 aliphatic carbocycles. The first kappa shape index (κ1) is 21.8. The molecule has 2 nitrogen and oxygen atoms in total. The van der Waals surface area contributed by atoms with E-state index >= 15 is 0 Å². The lowest BCUT2D eigenvalue weighted by Crippen LogP contribution is -2.05. The molecule has 0 aromatic heterocycles. The Bertz CT molecular complexity index is 499. The van der Waals surface area contributed by atoms with Crippen LogP contribution in [0.4, 0.5) is 5.69 Å². The van der Waals surface area contributed by atoms with E-state index in [1.807, 2.05) is 18.2 Å². The lowest BCUT2D eigenvalue weighted by atomic mass is 10.1. The van der Waals surface area contributed by atoms with E-state index in [-0.39, 0.29) is 0 Å². The number of para-hydroxylation sites is 1. The Hall–Kier alpha value is -1.28. The van der Waals surface area contributed by atoms with E-state index in [1.165, 1.54) is 57.8 Å². The van der Waals surface area contributed by atoms with Gasteiger partial charge in [-0.05, 0) is 49.4 Å². The van der Waals surface area contributed by atoms with Gasteiger partial charge < -0.3 is 5.32 Å². The third-order valence-corrected chi connectivity index (χ3v) is 4.60. The van der Waals surface area contributed by atoms with Crippen LogP contribution in [0.1, 0.15) is 87.9 Å². The van der Waals surface area contributed by atoms with Crippen molar-refractivity contribution in [1.82, 2.24) is 0 Å². The third-order valence-electron chi connectivity index (χ3n) is 4.39. The monoisotopic (exact) mass is 363 g/mol. The predicted molar refractivity (Wildman–Crippen MR) is 111 cm³/mol. The minimum atomic E-state index is -0.409. The molecular formula is C22H34ClNO. The molecule has 0 fully saturated rings. The molecule has 1 aromatic carbocycles. The largest absolute Gasteiger partial charge is 0.384 e. The fraction of sp³-hybridized carbons (Fsp3) is 0.591. The predicted octanol–water partition coefficient (Wildman–Crippen LogP) is 7.34. The summed E-state index contributed by atoms with van der Waals surface area (Å²) in [4.78, 5) is 11.3. The maximum Gasteiger partial charge on any atom is 0.254 e. The number of rotatable bonds is 15. The van der Waals surface area contributed by atoms with Crippen molar-refractivity contribution in [1.29, 1.82) is 0 Å². The van der Waals surface area contributed by atoms with Gasteiger partial charge in [-0.1, -0.05) is 76.2 Å². The standard InChI is InChI=1S/C22H34ClNO/c1-2-3-4-5-6-7-8-9-10-11-12-13-16-19-24-21-18-15-14-17-20(21)22(23)25/h11-12,14-15,17-18,24H,2-10,13,16,19H2,1H3/b12-11+. The van der Waals surface area contributed by atoms with Gasteiger partial charge in [0.25, 0.3) is 5.24 Å². The molecule has 1 N–H and O–H groups in total. The number of halogens is 1. The van der Waals surface area contributed by atoms with Crippen LogP contribution in [-0.4, -0.2) is 11.8 Å². The van der Waals surface area contributed by atoms with E-state index < -0.39 is 5.24 Å². The van der Waals surface area contributed by atoms with Gasteiger partial charge in [-0.2, -0.15) is 0 Å².